The Morgan fingerprint density at radius 1 is 1.33 bits per heavy atom. The SMILES string of the molecule is CCCSc1nnc(SCC(=O)Nc2cccc(Br)c2)s1. The highest BCUT2D eigenvalue weighted by Gasteiger charge is 2.08. The monoisotopic (exact) mass is 403 g/mol. The van der Waals surface area contributed by atoms with Gasteiger partial charge in [0.15, 0.2) is 8.68 Å². The molecule has 2 rings (SSSR count). The molecule has 0 unspecified atom stereocenters. The quantitative estimate of drug-likeness (QED) is 0.687. The van der Waals surface area contributed by atoms with Gasteiger partial charge in [0.1, 0.15) is 0 Å². The molecular formula is C13H14BrN3OS3. The molecule has 0 aliphatic carbocycles. The van der Waals surface area contributed by atoms with Crippen molar-refractivity contribution >= 4 is 62.4 Å². The van der Waals surface area contributed by atoms with E-state index in [4.69, 9.17) is 0 Å². The molecule has 1 aromatic carbocycles. The first kappa shape index (κ1) is 16.8. The number of nitrogens with zero attached hydrogens (tertiary/aromatic N) is 2. The van der Waals surface area contributed by atoms with Crippen molar-refractivity contribution in [1.29, 1.82) is 0 Å². The molecule has 0 fully saturated rings. The Kier molecular flexibility index (Phi) is 7.01. The number of aromatic nitrogens is 2. The van der Waals surface area contributed by atoms with Gasteiger partial charge in [-0.2, -0.15) is 0 Å². The maximum absolute atomic E-state index is 11.9. The smallest absolute Gasteiger partial charge is 0.234 e. The Morgan fingerprint density at radius 2 is 2.10 bits per heavy atom. The van der Waals surface area contributed by atoms with Gasteiger partial charge >= 0.3 is 0 Å². The van der Waals surface area contributed by atoms with Gasteiger partial charge < -0.3 is 5.32 Å². The molecule has 0 saturated carbocycles. The van der Waals surface area contributed by atoms with Crippen LogP contribution in [0.3, 0.4) is 0 Å². The van der Waals surface area contributed by atoms with E-state index < -0.39 is 0 Å². The molecular weight excluding hydrogens is 390 g/mol. The lowest BCUT2D eigenvalue weighted by Gasteiger charge is -2.04. The molecule has 0 saturated heterocycles. The van der Waals surface area contributed by atoms with E-state index in [2.05, 4.69) is 38.4 Å². The number of halogens is 1. The van der Waals surface area contributed by atoms with Crippen LogP contribution in [0.2, 0.25) is 0 Å². The molecule has 0 aliphatic heterocycles. The zero-order valence-corrected chi connectivity index (χ0v) is 15.4. The fraction of sp³-hybridized carbons (Fsp3) is 0.308. The van der Waals surface area contributed by atoms with Gasteiger partial charge in [0.25, 0.3) is 0 Å². The molecule has 1 aromatic heterocycles. The molecule has 0 aliphatic rings. The molecule has 1 N–H and O–H groups in total. The number of amides is 1. The molecule has 8 heteroatoms. The molecule has 2 aromatic rings. The number of hydrogen-bond donors (Lipinski definition) is 1. The number of nitrogens with one attached hydrogen (secondary N) is 1. The molecule has 1 heterocycles. The summed E-state index contributed by atoms with van der Waals surface area (Å²) in [4.78, 5) is 11.9. The molecule has 0 spiro atoms. The first-order chi connectivity index (χ1) is 10.2. The molecule has 1 amide bonds. The highest BCUT2D eigenvalue weighted by molar-refractivity contribution is 9.10. The number of thioether (sulfide) groups is 2. The highest BCUT2D eigenvalue weighted by Crippen LogP contribution is 2.29. The van der Waals surface area contributed by atoms with Gasteiger partial charge in [0.05, 0.1) is 5.75 Å². The van der Waals surface area contributed by atoms with Crippen molar-refractivity contribution in [1.82, 2.24) is 10.2 Å². The van der Waals surface area contributed by atoms with E-state index in [0.29, 0.717) is 5.75 Å². The zero-order valence-electron chi connectivity index (χ0n) is 11.3. The van der Waals surface area contributed by atoms with Crippen LogP contribution in [-0.2, 0) is 4.79 Å². The number of benzene rings is 1. The highest BCUT2D eigenvalue weighted by atomic mass is 79.9. The predicted octanol–water partition coefficient (Wildman–Crippen LogP) is 4.53. The second-order valence-corrected chi connectivity index (χ2v) is 8.49. The lowest BCUT2D eigenvalue weighted by atomic mass is 10.3. The van der Waals surface area contributed by atoms with Crippen molar-refractivity contribution < 1.29 is 4.79 Å². The van der Waals surface area contributed by atoms with Gasteiger partial charge in [-0.15, -0.1) is 10.2 Å². The zero-order chi connectivity index (χ0) is 15.1. The lowest BCUT2D eigenvalue weighted by Crippen LogP contribution is -2.13. The summed E-state index contributed by atoms with van der Waals surface area (Å²) in [6, 6.07) is 7.53. The number of anilines is 1. The van der Waals surface area contributed by atoms with Crippen molar-refractivity contribution in [2.45, 2.75) is 22.0 Å². The molecule has 21 heavy (non-hydrogen) atoms. The van der Waals surface area contributed by atoms with Gasteiger partial charge in [-0.3, -0.25) is 4.79 Å². The first-order valence-corrected chi connectivity index (χ1v) is 9.90. The van der Waals surface area contributed by atoms with Crippen LogP contribution < -0.4 is 5.32 Å². The van der Waals surface area contributed by atoms with Crippen molar-refractivity contribution in [2.24, 2.45) is 0 Å². The Balaban J connectivity index is 1.79. The van der Waals surface area contributed by atoms with Crippen LogP contribution in [0.1, 0.15) is 13.3 Å². The van der Waals surface area contributed by atoms with E-state index in [1.807, 2.05) is 24.3 Å². The Hall–Kier alpha value is -0.570. The van der Waals surface area contributed by atoms with E-state index >= 15 is 0 Å². The van der Waals surface area contributed by atoms with Gasteiger partial charge in [-0.1, -0.05) is 63.8 Å². The van der Waals surface area contributed by atoms with Crippen LogP contribution in [0.15, 0.2) is 37.4 Å². The molecule has 0 atom stereocenters. The second-order valence-electron chi connectivity index (χ2n) is 4.03. The van der Waals surface area contributed by atoms with Crippen molar-refractivity contribution in [3.63, 3.8) is 0 Å². The lowest BCUT2D eigenvalue weighted by molar-refractivity contribution is -0.113. The molecule has 4 nitrogen and oxygen atoms in total. The summed E-state index contributed by atoms with van der Waals surface area (Å²) in [5.41, 5.74) is 0.784. The minimum atomic E-state index is -0.0453. The fourth-order valence-corrected chi connectivity index (χ4v) is 4.54. The van der Waals surface area contributed by atoms with E-state index in [1.54, 1.807) is 11.8 Å². The topological polar surface area (TPSA) is 54.9 Å². The number of carbonyl (C=O) groups excluding carboxylic acids is 1. The van der Waals surface area contributed by atoms with E-state index in [0.717, 1.165) is 31.0 Å². The third-order valence-corrected chi connectivity index (χ3v) is 6.14. The summed E-state index contributed by atoms with van der Waals surface area (Å²) in [6.07, 6.45) is 1.11. The fourth-order valence-electron chi connectivity index (χ4n) is 1.39. The van der Waals surface area contributed by atoms with Gasteiger partial charge in [0, 0.05) is 15.9 Å². The predicted molar refractivity (Wildman–Crippen MR) is 94.4 cm³/mol. The maximum atomic E-state index is 11.9. The summed E-state index contributed by atoms with van der Waals surface area (Å²) >= 11 is 8.04. The number of rotatable bonds is 7. The van der Waals surface area contributed by atoms with Crippen molar-refractivity contribution in [3.8, 4) is 0 Å². The largest absolute Gasteiger partial charge is 0.325 e. The number of carbonyl (C=O) groups is 1. The summed E-state index contributed by atoms with van der Waals surface area (Å²) in [5.74, 6) is 1.33. The standard InChI is InChI=1S/C13H14BrN3OS3/c1-2-6-19-12-16-17-13(21-12)20-8-11(18)15-10-5-3-4-9(14)7-10/h3-5,7H,2,6,8H2,1H3,(H,15,18). The van der Waals surface area contributed by atoms with Crippen LogP contribution in [-0.4, -0.2) is 27.6 Å². The summed E-state index contributed by atoms with van der Waals surface area (Å²) in [5, 5.41) is 11.0. The van der Waals surface area contributed by atoms with E-state index in [1.165, 1.54) is 23.1 Å². The van der Waals surface area contributed by atoms with Crippen LogP contribution in [0.4, 0.5) is 5.69 Å². The van der Waals surface area contributed by atoms with Crippen LogP contribution in [0.5, 0.6) is 0 Å². The Bertz CT molecular complexity index is 606. The third-order valence-electron chi connectivity index (χ3n) is 2.25. The van der Waals surface area contributed by atoms with E-state index in [-0.39, 0.29) is 5.91 Å². The van der Waals surface area contributed by atoms with Crippen molar-refractivity contribution in [2.75, 3.05) is 16.8 Å². The Morgan fingerprint density at radius 3 is 2.81 bits per heavy atom. The van der Waals surface area contributed by atoms with Gasteiger partial charge in [-0.25, -0.2) is 0 Å². The molecule has 0 bridgehead atoms. The van der Waals surface area contributed by atoms with Crippen LogP contribution >= 0.6 is 50.8 Å². The minimum absolute atomic E-state index is 0.0453. The van der Waals surface area contributed by atoms with E-state index in [9.17, 15) is 4.79 Å². The van der Waals surface area contributed by atoms with Crippen molar-refractivity contribution in [3.05, 3.63) is 28.7 Å². The first-order valence-electron chi connectivity index (χ1n) is 6.32. The summed E-state index contributed by atoms with van der Waals surface area (Å²) in [6.45, 7) is 2.13. The van der Waals surface area contributed by atoms with Gasteiger partial charge in [0.2, 0.25) is 5.91 Å². The third kappa shape index (κ3) is 5.98. The Labute approximate surface area is 144 Å². The average Bonchev–Trinajstić information content (AvgIpc) is 2.91. The van der Waals surface area contributed by atoms with Crippen LogP contribution in [0, 0.1) is 0 Å². The average molecular weight is 404 g/mol. The van der Waals surface area contributed by atoms with Gasteiger partial charge in [-0.05, 0) is 24.6 Å². The number of hydrogen-bond acceptors (Lipinski definition) is 6. The molecule has 0 radical (unpaired) electrons. The normalized spacial score (nSPS) is 10.6. The summed E-state index contributed by atoms with van der Waals surface area (Å²) < 4.78 is 2.74. The minimum Gasteiger partial charge on any atom is -0.325 e. The maximum Gasteiger partial charge on any atom is 0.234 e. The van der Waals surface area contributed by atoms with Crippen LogP contribution in [0.25, 0.3) is 0 Å². The molecule has 112 valence electrons. The second kappa shape index (κ2) is 8.77. The summed E-state index contributed by atoms with van der Waals surface area (Å²) in [7, 11) is 0.